The molecule has 0 bridgehead atoms. The lowest BCUT2D eigenvalue weighted by Gasteiger charge is -2.27. The van der Waals surface area contributed by atoms with E-state index in [2.05, 4.69) is 15.6 Å². The molecule has 1 heterocycles. The molecule has 3 rings (SSSR count). The van der Waals surface area contributed by atoms with Crippen LogP contribution in [0.4, 0.5) is 0 Å². The molecule has 0 saturated heterocycles. The number of para-hydroxylation sites is 1. The first kappa shape index (κ1) is 28.8. The largest absolute Gasteiger partial charge is 0.480 e. The molecular weight excluding hydrogens is 506 g/mol. The number of rotatable bonds is 12. The molecule has 4 atom stereocenters. The van der Waals surface area contributed by atoms with Crippen molar-refractivity contribution >= 4 is 34.6 Å². The molecule has 3 amide bonds. The lowest BCUT2D eigenvalue weighted by Crippen LogP contribution is -2.56. The smallest absolute Gasteiger partial charge is 0.329 e. The molecule has 206 valence electrons. The predicted octanol–water partition coefficient (Wildman–Crippen LogP) is 0.449. The second-order valence-corrected chi connectivity index (χ2v) is 9.30. The molecule has 2 aromatic carbocycles. The quantitative estimate of drug-likeness (QED) is 0.221. The van der Waals surface area contributed by atoms with Crippen LogP contribution in [0.3, 0.4) is 0 Å². The number of primary amides is 1. The highest BCUT2D eigenvalue weighted by molar-refractivity contribution is 5.93. The average molecular weight is 538 g/mol. The van der Waals surface area contributed by atoms with E-state index in [1.54, 1.807) is 62.4 Å². The molecule has 0 fully saturated rings. The first-order chi connectivity index (χ1) is 18.5. The van der Waals surface area contributed by atoms with E-state index in [9.17, 15) is 33.9 Å². The Morgan fingerprint density at radius 2 is 1.62 bits per heavy atom. The van der Waals surface area contributed by atoms with Gasteiger partial charge in [0.1, 0.15) is 18.1 Å². The lowest BCUT2D eigenvalue weighted by molar-refractivity contribution is -0.144. The summed E-state index contributed by atoms with van der Waals surface area (Å²) in [5, 5.41) is 14.5. The van der Waals surface area contributed by atoms with E-state index in [1.165, 1.54) is 6.07 Å². The first-order valence-corrected chi connectivity index (χ1v) is 12.4. The van der Waals surface area contributed by atoms with Gasteiger partial charge in [-0.1, -0.05) is 62.7 Å². The van der Waals surface area contributed by atoms with Crippen LogP contribution in [0.25, 0.3) is 10.9 Å². The Balaban J connectivity index is 2.02. The minimum atomic E-state index is -1.59. The second kappa shape index (κ2) is 12.7. The van der Waals surface area contributed by atoms with Gasteiger partial charge in [-0.15, -0.1) is 0 Å². The van der Waals surface area contributed by atoms with Gasteiger partial charge in [-0.05, 0) is 23.6 Å². The topological polar surface area (TPSA) is 193 Å². The van der Waals surface area contributed by atoms with Crippen LogP contribution in [0.5, 0.6) is 0 Å². The SMILES string of the molecule is CC[C@@H](C)[C@H](NC(=O)[C@H](Cc1ccccc1)n1c(=O)[nH]c2ccccc2c1=O)C(=O)N[C@H](CC(N)=O)C(=O)O. The number of aromatic nitrogens is 2. The van der Waals surface area contributed by atoms with Crippen molar-refractivity contribution in [3.63, 3.8) is 0 Å². The van der Waals surface area contributed by atoms with Gasteiger partial charge >= 0.3 is 11.7 Å². The number of carboxylic acid groups (broad SMARTS) is 1. The zero-order valence-corrected chi connectivity index (χ0v) is 21.5. The van der Waals surface area contributed by atoms with Crippen molar-refractivity contribution in [2.75, 3.05) is 0 Å². The Morgan fingerprint density at radius 3 is 2.23 bits per heavy atom. The number of carboxylic acids is 1. The maximum atomic E-state index is 13.7. The summed E-state index contributed by atoms with van der Waals surface area (Å²) in [6.45, 7) is 3.45. The predicted molar refractivity (Wildman–Crippen MR) is 143 cm³/mol. The minimum Gasteiger partial charge on any atom is -0.480 e. The van der Waals surface area contributed by atoms with Gasteiger partial charge < -0.3 is 26.5 Å². The fourth-order valence-electron chi connectivity index (χ4n) is 4.21. The molecule has 0 unspecified atom stereocenters. The second-order valence-electron chi connectivity index (χ2n) is 9.30. The Morgan fingerprint density at radius 1 is 0.974 bits per heavy atom. The normalized spacial score (nSPS) is 14.1. The number of hydrogen-bond donors (Lipinski definition) is 5. The van der Waals surface area contributed by atoms with Crippen LogP contribution < -0.4 is 27.6 Å². The van der Waals surface area contributed by atoms with E-state index in [4.69, 9.17) is 5.73 Å². The summed E-state index contributed by atoms with van der Waals surface area (Å²) in [6, 6.07) is 11.0. The summed E-state index contributed by atoms with van der Waals surface area (Å²) in [7, 11) is 0. The number of carbonyl (C=O) groups excluding carboxylic acids is 3. The third-order valence-electron chi connectivity index (χ3n) is 6.54. The number of carbonyl (C=O) groups is 4. The van der Waals surface area contributed by atoms with E-state index in [0.717, 1.165) is 4.57 Å². The van der Waals surface area contributed by atoms with Crippen molar-refractivity contribution in [3.8, 4) is 0 Å². The van der Waals surface area contributed by atoms with Gasteiger partial charge in [0.25, 0.3) is 5.56 Å². The molecule has 0 aliphatic heterocycles. The Labute approximate surface area is 223 Å². The maximum Gasteiger partial charge on any atom is 0.329 e. The first-order valence-electron chi connectivity index (χ1n) is 12.4. The Hall–Kier alpha value is -4.74. The summed E-state index contributed by atoms with van der Waals surface area (Å²) >= 11 is 0. The third-order valence-corrected chi connectivity index (χ3v) is 6.54. The van der Waals surface area contributed by atoms with Crippen LogP contribution in [0.2, 0.25) is 0 Å². The maximum absolute atomic E-state index is 13.7. The fraction of sp³-hybridized carbons (Fsp3) is 0.333. The highest BCUT2D eigenvalue weighted by atomic mass is 16.4. The molecule has 0 aliphatic carbocycles. The lowest BCUT2D eigenvalue weighted by atomic mass is 9.96. The average Bonchev–Trinajstić information content (AvgIpc) is 2.90. The molecule has 0 saturated carbocycles. The summed E-state index contributed by atoms with van der Waals surface area (Å²) in [6.07, 6.45) is -0.255. The van der Waals surface area contributed by atoms with Crippen molar-refractivity contribution < 1.29 is 24.3 Å². The van der Waals surface area contributed by atoms with E-state index < -0.39 is 65.4 Å². The monoisotopic (exact) mass is 537 g/mol. The van der Waals surface area contributed by atoms with Crippen LogP contribution in [0.15, 0.2) is 64.2 Å². The third kappa shape index (κ3) is 6.98. The van der Waals surface area contributed by atoms with Gasteiger partial charge in [0, 0.05) is 6.42 Å². The Bertz CT molecular complexity index is 1480. The van der Waals surface area contributed by atoms with Crippen molar-refractivity contribution in [2.45, 2.75) is 51.2 Å². The summed E-state index contributed by atoms with van der Waals surface area (Å²) < 4.78 is 0.823. The zero-order valence-electron chi connectivity index (χ0n) is 21.5. The number of nitrogens with two attached hydrogens (primary N) is 1. The fourth-order valence-corrected chi connectivity index (χ4v) is 4.21. The zero-order chi connectivity index (χ0) is 28.7. The van der Waals surface area contributed by atoms with Crippen molar-refractivity contribution in [1.82, 2.24) is 20.2 Å². The van der Waals surface area contributed by atoms with E-state index >= 15 is 0 Å². The van der Waals surface area contributed by atoms with Crippen LogP contribution in [-0.4, -0.2) is 50.4 Å². The molecule has 6 N–H and O–H groups in total. The molecule has 12 nitrogen and oxygen atoms in total. The van der Waals surface area contributed by atoms with E-state index in [1.807, 2.05) is 0 Å². The van der Waals surface area contributed by atoms with Crippen LogP contribution in [0, 0.1) is 5.92 Å². The summed E-state index contributed by atoms with van der Waals surface area (Å²) in [5.74, 6) is -4.49. The van der Waals surface area contributed by atoms with Crippen molar-refractivity contribution in [1.29, 1.82) is 0 Å². The number of amides is 3. The van der Waals surface area contributed by atoms with Crippen molar-refractivity contribution in [2.24, 2.45) is 11.7 Å². The van der Waals surface area contributed by atoms with Gasteiger partial charge in [0.2, 0.25) is 17.7 Å². The molecule has 12 heteroatoms. The number of benzene rings is 2. The van der Waals surface area contributed by atoms with Gasteiger partial charge in [0.05, 0.1) is 17.3 Å². The number of nitrogens with zero attached hydrogens (tertiary/aromatic N) is 1. The van der Waals surface area contributed by atoms with Crippen LogP contribution in [-0.2, 0) is 25.6 Å². The number of H-pyrrole nitrogens is 1. The molecule has 3 aromatic rings. The highest BCUT2D eigenvalue weighted by Crippen LogP contribution is 2.16. The number of aliphatic carboxylic acids is 1. The molecule has 0 aliphatic rings. The number of fused-ring (bicyclic) bond motifs is 1. The molecule has 0 spiro atoms. The summed E-state index contributed by atoms with van der Waals surface area (Å²) in [5.41, 5.74) is 4.60. The molecule has 0 radical (unpaired) electrons. The number of hydrogen-bond acceptors (Lipinski definition) is 6. The van der Waals surface area contributed by atoms with Gasteiger partial charge in [-0.25, -0.2) is 14.2 Å². The molecule has 1 aromatic heterocycles. The van der Waals surface area contributed by atoms with E-state index in [0.29, 0.717) is 17.5 Å². The minimum absolute atomic E-state index is 0.0394. The summed E-state index contributed by atoms with van der Waals surface area (Å²) in [4.78, 5) is 78.8. The van der Waals surface area contributed by atoms with Gasteiger partial charge in [-0.2, -0.15) is 0 Å². The van der Waals surface area contributed by atoms with Crippen molar-refractivity contribution in [3.05, 3.63) is 81.0 Å². The Kier molecular flexibility index (Phi) is 9.37. The standard InChI is InChI=1S/C27H31N5O7/c1-3-15(2)22(24(35)29-19(26(37)38)14-21(28)33)31-23(34)20(13-16-9-5-4-6-10-16)32-25(36)17-11-7-8-12-18(17)30-27(32)39/h4-12,15,19-20,22H,3,13-14H2,1-2H3,(H2,28,33)(H,29,35)(H,30,39)(H,31,34)(H,37,38)/t15-,19-,20+,22+/m1/s1. The number of nitrogens with one attached hydrogen (secondary N) is 3. The number of aromatic amines is 1. The molecule has 39 heavy (non-hydrogen) atoms. The highest BCUT2D eigenvalue weighted by Gasteiger charge is 2.34. The van der Waals surface area contributed by atoms with Crippen LogP contribution in [0.1, 0.15) is 38.3 Å². The van der Waals surface area contributed by atoms with Gasteiger partial charge in [-0.3, -0.25) is 19.2 Å². The van der Waals surface area contributed by atoms with Crippen LogP contribution >= 0.6 is 0 Å². The van der Waals surface area contributed by atoms with E-state index in [-0.39, 0.29) is 11.8 Å². The molecular formula is C27H31N5O7. The van der Waals surface area contributed by atoms with Gasteiger partial charge in [0.15, 0.2) is 0 Å².